The zero-order chi connectivity index (χ0) is 13.7. The molecule has 1 aromatic heterocycles. The minimum Gasteiger partial charge on any atom is -0.462 e. The largest absolute Gasteiger partial charge is 0.462 e. The van der Waals surface area contributed by atoms with Gasteiger partial charge in [-0.05, 0) is 37.6 Å². The van der Waals surface area contributed by atoms with E-state index in [9.17, 15) is 4.79 Å². The first-order chi connectivity index (χ1) is 9.13. The van der Waals surface area contributed by atoms with E-state index in [1.165, 1.54) is 11.6 Å². The molecule has 0 aliphatic rings. The highest BCUT2D eigenvalue weighted by molar-refractivity contribution is 5.91. The number of carbonyl (C=O) groups excluding carboxylic acids is 1. The van der Waals surface area contributed by atoms with Crippen molar-refractivity contribution < 1.29 is 9.21 Å². The summed E-state index contributed by atoms with van der Waals surface area (Å²) in [6.45, 7) is 4.44. The predicted molar refractivity (Wildman–Crippen MR) is 75.5 cm³/mol. The molecule has 0 saturated carbocycles. The van der Waals surface area contributed by atoms with Gasteiger partial charge in [-0.3, -0.25) is 4.79 Å². The zero-order valence-corrected chi connectivity index (χ0v) is 11.1. The molecule has 1 heterocycles. The van der Waals surface area contributed by atoms with Crippen LogP contribution in [0.1, 0.15) is 22.6 Å². The van der Waals surface area contributed by atoms with Crippen molar-refractivity contribution in [3.63, 3.8) is 0 Å². The number of nitrogens with one attached hydrogen (secondary N) is 1. The molecule has 98 valence electrons. The lowest BCUT2D eigenvalue weighted by molar-refractivity contribution is -0.116. The Morgan fingerprint density at radius 1 is 1.16 bits per heavy atom. The summed E-state index contributed by atoms with van der Waals surface area (Å²) in [4.78, 5) is 11.6. The molecule has 0 radical (unpaired) electrons. The maximum absolute atomic E-state index is 11.6. The van der Waals surface area contributed by atoms with Crippen molar-refractivity contribution in [2.75, 3.05) is 0 Å². The van der Waals surface area contributed by atoms with Crippen LogP contribution in [0, 0.1) is 13.8 Å². The third kappa shape index (κ3) is 4.14. The highest BCUT2D eigenvalue weighted by Gasteiger charge is 1.98. The molecule has 2 aromatic rings. The fourth-order valence-corrected chi connectivity index (χ4v) is 1.65. The van der Waals surface area contributed by atoms with Crippen LogP contribution in [0.3, 0.4) is 0 Å². The van der Waals surface area contributed by atoms with E-state index in [4.69, 9.17) is 4.42 Å². The molecule has 0 atom stereocenters. The summed E-state index contributed by atoms with van der Waals surface area (Å²) in [5.41, 5.74) is 2.30. The summed E-state index contributed by atoms with van der Waals surface area (Å²) in [6, 6.07) is 11.8. The average Bonchev–Trinajstić information content (AvgIpc) is 2.81. The lowest BCUT2D eigenvalue weighted by atomic mass is 10.1. The van der Waals surface area contributed by atoms with E-state index in [0.29, 0.717) is 12.3 Å². The molecule has 3 nitrogen and oxygen atoms in total. The molecule has 1 amide bonds. The summed E-state index contributed by atoms with van der Waals surface area (Å²) in [5.74, 6) is 1.39. The molecule has 0 aliphatic heterocycles. The van der Waals surface area contributed by atoms with Crippen LogP contribution in [-0.4, -0.2) is 5.91 Å². The summed E-state index contributed by atoms with van der Waals surface area (Å²) in [7, 11) is 0. The van der Waals surface area contributed by atoms with Crippen molar-refractivity contribution in [2.45, 2.75) is 20.4 Å². The van der Waals surface area contributed by atoms with Crippen molar-refractivity contribution in [1.29, 1.82) is 0 Å². The van der Waals surface area contributed by atoms with Gasteiger partial charge < -0.3 is 9.73 Å². The lowest BCUT2D eigenvalue weighted by Crippen LogP contribution is -2.20. The van der Waals surface area contributed by atoms with Crippen LogP contribution in [0.2, 0.25) is 0 Å². The maximum atomic E-state index is 11.6. The van der Waals surface area contributed by atoms with Gasteiger partial charge in [0, 0.05) is 12.6 Å². The molecule has 0 saturated heterocycles. The van der Waals surface area contributed by atoms with E-state index in [1.807, 2.05) is 50.2 Å². The van der Waals surface area contributed by atoms with Gasteiger partial charge in [-0.1, -0.05) is 29.8 Å². The van der Waals surface area contributed by atoms with E-state index in [-0.39, 0.29) is 5.91 Å². The summed E-state index contributed by atoms with van der Waals surface area (Å²) in [6.07, 6.45) is 3.14. The van der Waals surface area contributed by atoms with Crippen LogP contribution in [-0.2, 0) is 11.3 Å². The first kappa shape index (κ1) is 13.1. The Kier molecular flexibility index (Phi) is 4.18. The highest BCUT2D eigenvalue weighted by Crippen LogP contribution is 2.07. The standard InChI is InChI=1S/C16H17NO2/c1-12-3-6-14(7-4-12)11-17-16(18)10-9-15-8-5-13(2)19-15/h3-10H,11H2,1-2H3,(H,17,18). The van der Waals surface area contributed by atoms with Gasteiger partial charge in [0.15, 0.2) is 0 Å². The van der Waals surface area contributed by atoms with Crippen LogP contribution in [0.4, 0.5) is 0 Å². The second-order valence-corrected chi connectivity index (χ2v) is 4.49. The summed E-state index contributed by atoms with van der Waals surface area (Å²) >= 11 is 0. The normalized spacial score (nSPS) is 10.8. The number of benzene rings is 1. The first-order valence-electron chi connectivity index (χ1n) is 6.21. The molecular weight excluding hydrogens is 238 g/mol. The van der Waals surface area contributed by atoms with E-state index in [2.05, 4.69) is 5.32 Å². The topological polar surface area (TPSA) is 42.2 Å². The van der Waals surface area contributed by atoms with Crippen LogP contribution in [0.5, 0.6) is 0 Å². The van der Waals surface area contributed by atoms with Gasteiger partial charge >= 0.3 is 0 Å². The predicted octanol–water partition coefficient (Wildman–Crippen LogP) is 3.23. The highest BCUT2D eigenvalue weighted by atomic mass is 16.3. The van der Waals surface area contributed by atoms with Gasteiger partial charge in [-0.15, -0.1) is 0 Å². The number of rotatable bonds is 4. The fourth-order valence-electron chi connectivity index (χ4n) is 1.65. The molecule has 0 bridgehead atoms. The van der Waals surface area contributed by atoms with Gasteiger partial charge in [0.1, 0.15) is 11.5 Å². The van der Waals surface area contributed by atoms with Crippen LogP contribution < -0.4 is 5.32 Å². The van der Waals surface area contributed by atoms with Crippen molar-refractivity contribution in [3.05, 3.63) is 65.1 Å². The van der Waals surface area contributed by atoms with Crippen LogP contribution in [0.25, 0.3) is 6.08 Å². The smallest absolute Gasteiger partial charge is 0.244 e. The molecule has 19 heavy (non-hydrogen) atoms. The number of amides is 1. The van der Waals surface area contributed by atoms with E-state index in [0.717, 1.165) is 11.3 Å². The Bertz CT molecular complexity index is 579. The summed E-state index contributed by atoms with van der Waals surface area (Å²) in [5, 5.41) is 2.83. The molecule has 0 unspecified atom stereocenters. The number of hydrogen-bond donors (Lipinski definition) is 1. The maximum Gasteiger partial charge on any atom is 0.244 e. The molecular formula is C16H17NO2. The van der Waals surface area contributed by atoms with E-state index in [1.54, 1.807) is 6.08 Å². The average molecular weight is 255 g/mol. The molecule has 0 spiro atoms. The third-order valence-corrected chi connectivity index (χ3v) is 2.75. The number of hydrogen-bond acceptors (Lipinski definition) is 2. The Morgan fingerprint density at radius 2 is 1.89 bits per heavy atom. The van der Waals surface area contributed by atoms with E-state index >= 15 is 0 Å². The zero-order valence-electron chi connectivity index (χ0n) is 11.1. The second kappa shape index (κ2) is 6.05. The fraction of sp³-hybridized carbons (Fsp3) is 0.188. The molecule has 0 fully saturated rings. The first-order valence-corrected chi connectivity index (χ1v) is 6.21. The Hall–Kier alpha value is -2.29. The molecule has 3 heteroatoms. The van der Waals surface area contributed by atoms with Gasteiger partial charge in [0.2, 0.25) is 5.91 Å². The third-order valence-electron chi connectivity index (χ3n) is 2.75. The molecule has 2 rings (SSSR count). The van der Waals surface area contributed by atoms with Gasteiger partial charge in [0.25, 0.3) is 0 Å². The number of furan rings is 1. The van der Waals surface area contributed by atoms with Gasteiger partial charge in [-0.25, -0.2) is 0 Å². The Balaban J connectivity index is 1.84. The van der Waals surface area contributed by atoms with Crippen LogP contribution in [0.15, 0.2) is 46.9 Å². The molecule has 0 aliphatic carbocycles. The van der Waals surface area contributed by atoms with Gasteiger partial charge in [0.05, 0.1) is 0 Å². The van der Waals surface area contributed by atoms with Crippen molar-refractivity contribution in [1.82, 2.24) is 5.32 Å². The number of carbonyl (C=O) groups is 1. The number of aryl methyl sites for hydroxylation is 2. The van der Waals surface area contributed by atoms with Crippen molar-refractivity contribution in [2.24, 2.45) is 0 Å². The monoisotopic (exact) mass is 255 g/mol. The SMILES string of the molecule is Cc1ccc(CNC(=O)C=Cc2ccc(C)o2)cc1. The Labute approximate surface area is 112 Å². The minimum atomic E-state index is -0.130. The molecule has 1 N–H and O–H groups in total. The van der Waals surface area contributed by atoms with Crippen LogP contribution >= 0.6 is 0 Å². The lowest BCUT2D eigenvalue weighted by Gasteiger charge is -2.02. The minimum absolute atomic E-state index is 0.130. The Morgan fingerprint density at radius 3 is 2.53 bits per heavy atom. The second-order valence-electron chi connectivity index (χ2n) is 4.49. The summed E-state index contributed by atoms with van der Waals surface area (Å²) < 4.78 is 5.34. The quantitative estimate of drug-likeness (QED) is 0.852. The van der Waals surface area contributed by atoms with Crippen molar-refractivity contribution >= 4 is 12.0 Å². The van der Waals surface area contributed by atoms with Crippen molar-refractivity contribution in [3.8, 4) is 0 Å². The van der Waals surface area contributed by atoms with Gasteiger partial charge in [-0.2, -0.15) is 0 Å². The molecule has 1 aromatic carbocycles. The van der Waals surface area contributed by atoms with E-state index < -0.39 is 0 Å².